The maximum absolute atomic E-state index is 10.6. The first kappa shape index (κ1) is 18.4. The number of carboxylic acid groups (broad SMARTS) is 1. The quantitative estimate of drug-likeness (QED) is 0.640. The first-order chi connectivity index (χ1) is 11.3. The van der Waals surface area contributed by atoms with Crippen LogP contribution in [0.15, 0.2) is 12.1 Å². The summed E-state index contributed by atoms with van der Waals surface area (Å²) in [5.41, 5.74) is 9.97. The molecule has 2 heterocycles. The lowest BCUT2D eigenvalue weighted by molar-refractivity contribution is -0.125. The number of nitrogens with two attached hydrogens (primary N) is 2. The van der Waals surface area contributed by atoms with Crippen molar-refractivity contribution in [3.05, 3.63) is 23.0 Å². The highest BCUT2D eigenvalue weighted by Gasteiger charge is 2.35. The van der Waals surface area contributed by atoms with Crippen molar-refractivity contribution in [2.45, 2.75) is 24.8 Å². The van der Waals surface area contributed by atoms with E-state index >= 15 is 0 Å². The molecule has 24 heavy (non-hydrogen) atoms. The van der Waals surface area contributed by atoms with Gasteiger partial charge in [-0.1, -0.05) is 11.6 Å². The van der Waals surface area contributed by atoms with Gasteiger partial charge in [0.1, 0.15) is 5.69 Å². The summed E-state index contributed by atoms with van der Waals surface area (Å²) < 4.78 is 10.2. The van der Waals surface area contributed by atoms with E-state index in [2.05, 4.69) is 4.98 Å². The molecule has 1 saturated heterocycles. The van der Waals surface area contributed by atoms with Gasteiger partial charge in [0.25, 0.3) is 0 Å². The van der Waals surface area contributed by atoms with Crippen LogP contribution in [0.5, 0.6) is 5.75 Å². The average molecular weight is 358 g/mol. The van der Waals surface area contributed by atoms with Crippen molar-refractivity contribution in [1.82, 2.24) is 4.98 Å². The Morgan fingerprint density at radius 2 is 2.08 bits per heavy atom. The second kappa shape index (κ2) is 7.78. The smallest absolute Gasteiger partial charge is 0.354 e. The molecule has 3 rings (SSSR count). The van der Waals surface area contributed by atoms with E-state index in [1.807, 2.05) is 0 Å². The van der Waals surface area contributed by atoms with Crippen molar-refractivity contribution in [1.29, 1.82) is 0 Å². The van der Waals surface area contributed by atoms with Gasteiger partial charge in [0.2, 0.25) is 5.91 Å². The first-order valence-corrected chi connectivity index (χ1v) is 7.84. The van der Waals surface area contributed by atoms with Crippen molar-refractivity contribution in [3.63, 3.8) is 0 Å². The Bertz CT molecular complexity index is 617. The van der Waals surface area contributed by atoms with E-state index in [9.17, 15) is 9.59 Å². The molecule has 1 saturated carbocycles. The Labute approximate surface area is 144 Å². The lowest BCUT2D eigenvalue weighted by atomic mass is 9.94. The fraction of sp³-hybridized carbons (Fsp3) is 0.533. The molecule has 0 aromatic carbocycles. The highest BCUT2D eigenvalue weighted by Crippen LogP contribution is 2.31. The lowest BCUT2D eigenvalue weighted by Gasteiger charge is -2.36. The summed E-state index contributed by atoms with van der Waals surface area (Å²) in [7, 11) is 0. The van der Waals surface area contributed by atoms with E-state index in [4.69, 9.17) is 37.6 Å². The molecular formula is C15H20ClN3O5. The first-order valence-electron chi connectivity index (χ1n) is 7.47. The van der Waals surface area contributed by atoms with Gasteiger partial charge < -0.3 is 26.0 Å². The number of halogens is 1. The number of hydrogen-bond donors (Lipinski definition) is 3. The Morgan fingerprint density at radius 3 is 2.46 bits per heavy atom. The average Bonchev–Trinajstić information content (AvgIpc) is 3.28. The van der Waals surface area contributed by atoms with Crippen molar-refractivity contribution in [2.24, 2.45) is 17.4 Å². The lowest BCUT2D eigenvalue weighted by Crippen LogP contribution is -2.59. The fourth-order valence-corrected chi connectivity index (χ4v) is 2.16. The standard InChI is InChI=1S/C10H10ClNO3.C5H10N2O2/c11-9-8(15-5-6-1-2-6)4-3-7(12-9)10(13)14;6-4(8)1-5(7)2-9-3-5/h3-4,6H,1-2,5H2,(H,13,14);1-3,7H2,(H2,6,8). The molecule has 0 spiro atoms. The second-order valence-electron chi connectivity index (χ2n) is 6.04. The number of aromatic carboxylic acids is 1. The maximum Gasteiger partial charge on any atom is 0.354 e. The molecule has 5 N–H and O–H groups in total. The number of ether oxygens (including phenoxy) is 2. The van der Waals surface area contributed by atoms with Gasteiger partial charge >= 0.3 is 5.97 Å². The van der Waals surface area contributed by atoms with Crippen LogP contribution in [0.25, 0.3) is 0 Å². The zero-order chi connectivity index (χ0) is 17.7. The van der Waals surface area contributed by atoms with Gasteiger partial charge in [-0.25, -0.2) is 9.78 Å². The summed E-state index contributed by atoms with van der Waals surface area (Å²) in [5, 5.41) is 8.77. The summed E-state index contributed by atoms with van der Waals surface area (Å²) in [6, 6.07) is 2.93. The molecule has 132 valence electrons. The SMILES string of the molecule is NC(=O)CC1(N)COC1.O=C(O)c1ccc(OCC2CC2)c(Cl)n1. The van der Waals surface area contributed by atoms with Gasteiger partial charge in [-0.3, -0.25) is 4.79 Å². The number of pyridine rings is 1. The van der Waals surface area contributed by atoms with Crippen molar-refractivity contribution in [3.8, 4) is 5.75 Å². The van der Waals surface area contributed by atoms with Crippen LogP contribution in [0.3, 0.4) is 0 Å². The normalized spacial score (nSPS) is 17.9. The van der Waals surface area contributed by atoms with Crippen LogP contribution in [0, 0.1) is 5.92 Å². The zero-order valence-electron chi connectivity index (χ0n) is 13.0. The molecule has 1 aromatic heterocycles. The third kappa shape index (κ3) is 5.63. The van der Waals surface area contributed by atoms with Crippen molar-refractivity contribution < 1.29 is 24.2 Å². The number of hydrogen-bond acceptors (Lipinski definition) is 6. The van der Waals surface area contributed by atoms with Gasteiger partial charge in [-0.05, 0) is 30.9 Å². The van der Waals surface area contributed by atoms with E-state index in [-0.39, 0.29) is 23.2 Å². The molecule has 0 unspecified atom stereocenters. The van der Waals surface area contributed by atoms with Gasteiger partial charge in [-0.15, -0.1) is 0 Å². The molecule has 1 aliphatic heterocycles. The molecule has 2 aliphatic rings. The predicted molar refractivity (Wildman–Crippen MR) is 86.0 cm³/mol. The van der Waals surface area contributed by atoms with Crippen molar-refractivity contribution >= 4 is 23.5 Å². The van der Waals surface area contributed by atoms with E-state index < -0.39 is 11.5 Å². The molecule has 2 fully saturated rings. The van der Waals surface area contributed by atoms with Crippen LogP contribution in [0.1, 0.15) is 29.8 Å². The van der Waals surface area contributed by atoms with Crippen LogP contribution >= 0.6 is 11.6 Å². The summed E-state index contributed by atoms with van der Waals surface area (Å²) in [6.07, 6.45) is 2.61. The molecule has 9 heteroatoms. The minimum Gasteiger partial charge on any atom is -0.490 e. The summed E-state index contributed by atoms with van der Waals surface area (Å²) in [5.74, 6) is -0.375. The number of primary amides is 1. The summed E-state index contributed by atoms with van der Waals surface area (Å²) in [4.78, 5) is 24.6. The van der Waals surface area contributed by atoms with E-state index in [0.717, 1.165) is 0 Å². The highest BCUT2D eigenvalue weighted by molar-refractivity contribution is 6.31. The summed E-state index contributed by atoms with van der Waals surface area (Å²) in [6.45, 7) is 1.54. The Balaban J connectivity index is 0.000000198. The predicted octanol–water partition coefficient (Wildman–Crippen LogP) is 0.812. The van der Waals surface area contributed by atoms with Gasteiger partial charge in [0, 0.05) is 6.42 Å². The number of rotatable bonds is 6. The monoisotopic (exact) mass is 357 g/mol. The Morgan fingerprint density at radius 1 is 1.42 bits per heavy atom. The molecular weight excluding hydrogens is 338 g/mol. The van der Waals surface area contributed by atoms with Gasteiger partial charge in [-0.2, -0.15) is 0 Å². The number of amides is 1. The molecule has 1 aliphatic carbocycles. The van der Waals surface area contributed by atoms with Crippen LogP contribution in [-0.4, -0.2) is 47.3 Å². The molecule has 0 radical (unpaired) electrons. The second-order valence-corrected chi connectivity index (χ2v) is 6.40. The van der Waals surface area contributed by atoms with Gasteiger partial charge in [0.05, 0.1) is 25.4 Å². The fourth-order valence-electron chi connectivity index (χ4n) is 1.95. The molecule has 0 atom stereocenters. The van der Waals surface area contributed by atoms with Gasteiger partial charge in [0.15, 0.2) is 10.9 Å². The minimum absolute atomic E-state index is 0.0706. The van der Waals surface area contributed by atoms with Crippen LogP contribution in [0.2, 0.25) is 5.15 Å². The number of carbonyl (C=O) groups excluding carboxylic acids is 1. The minimum atomic E-state index is -1.09. The molecule has 1 amide bonds. The number of nitrogens with zero attached hydrogens (tertiary/aromatic N) is 1. The molecule has 0 bridgehead atoms. The topological polar surface area (TPSA) is 138 Å². The number of carbonyl (C=O) groups is 2. The Hall–Kier alpha value is -1.90. The highest BCUT2D eigenvalue weighted by atomic mass is 35.5. The van der Waals surface area contributed by atoms with Crippen LogP contribution < -0.4 is 16.2 Å². The van der Waals surface area contributed by atoms with Crippen molar-refractivity contribution in [2.75, 3.05) is 19.8 Å². The third-order valence-electron chi connectivity index (χ3n) is 3.51. The summed E-state index contributed by atoms with van der Waals surface area (Å²) >= 11 is 5.78. The largest absolute Gasteiger partial charge is 0.490 e. The third-order valence-corrected chi connectivity index (χ3v) is 3.78. The van der Waals surface area contributed by atoms with Crippen LogP contribution in [0.4, 0.5) is 0 Å². The maximum atomic E-state index is 10.6. The zero-order valence-corrected chi connectivity index (χ0v) is 13.8. The van der Waals surface area contributed by atoms with E-state index in [1.54, 1.807) is 6.07 Å². The molecule has 8 nitrogen and oxygen atoms in total. The van der Waals surface area contributed by atoms with E-state index in [1.165, 1.54) is 18.9 Å². The number of aromatic nitrogens is 1. The van der Waals surface area contributed by atoms with E-state index in [0.29, 0.717) is 31.5 Å². The number of carboxylic acids is 1. The molecule has 1 aromatic rings. The van der Waals surface area contributed by atoms with Crippen LogP contribution in [-0.2, 0) is 9.53 Å². The Kier molecular flexibility index (Phi) is 5.98.